The van der Waals surface area contributed by atoms with Gasteiger partial charge in [0, 0.05) is 12.5 Å². The zero-order valence-electron chi connectivity index (χ0n) is 18.8. The van der Waals surface area contributed by atoms with Gasteiger partial charge in [-0.2, -0.15) is 0 Å². The van der Waals surface area contributed by atoms with Crippen LogP contribution in [0.1, 0.15) is 71.2 Å². The molecule has 0 aliphatic carbocycles. The highest BCUT2D eigenvalue weighted by Crippen LogP contribution is 2.59. The molecule has 1 aromatic rings. The molecule has 1 aliphatic rings. The third-order valence-electron chi connectivity index (χ3n) is 5.93. The van der Waals surface area contributed by atoms with E-state index in [-0.39, 0.29) is 30.5 Å². The van der Waals surface area contributed by atoms with E-state index in [1.54, 1.807) is 6.92 Å². The maximum Gasteiger partial charge on any atom is 0.359 e. The first-order valence-electron chi connectivity index (χ1n) is 10.3. The fourth-order valence-electron chi connectivity index (χ4n) is 3.47. The Balaban J connectivity index is 2.35. The van der Waals surface area contributed by atoms with Crippen LogP contribution in [0.15, 0.2) is 10.9 Å². The van der Waals surface area contributed by atoms with E-state index in [4.69, 9.17) is 9.26 Å². The van der Waals surface area contributed by atoms with Crippen LogP contribution in [0.5, 0.6) is 0 Å². The third-order valence-corrected chi connectivity index (χ3v) is 8.16. The first-order chi connectivity index (χ1) is 14.7. The number of aromatic nitrogens is 1. The number of aliphatic hydroxyl groups is 3. The number of rotatable bonds is 8. The highest BCUT2D eigenvalue weighted by Gasteiger charge is 2.51. The average Bonchev–Trinajstić information content (AvgIpc) is 2.95. The lowest BCUT2D eigenvalue weighted by molar-refractivity contribution is -0.0536. The molecule has 5 N–H and O–H groups in total. The van der Waals surface area contributed by atoms with Crippen molar-refractivity contribution in [3.8, 4) is 11.8 Å². The summed E-state index contributed by atoms with van der Waals surface area (Å²) in [4.78, 5) is 24.3. The van der Waals surface area contributed by atoms with E-state index in [0.717, 1.165) is 0 Å². The lowest BCUT2D eigenvalue weighted by Crippen LogP contribution is -2.40. The summed E-state index contributed by atoms with van der Waals surface area (Å²) in [6.07, 6.45) is -5.43. The normalized spacial score (nSPS) is 28.8. The van der Waals surface area contributed by atoms with Gasteiger partial charge in [-0.25, -0.2) is 4.39 Å². The number of aliphatic hydroxyl groups excluding tert-OH is 2. The summed E-state index contributed by atoms with van der Waals surface area (Å²) in [5.41, 5.74) is -2.32. The SMILES string of the molecule is CC#Cc1[nH]c(=O)cc(F)c1C1OC(CC(C)(CC)OP(=O)(O)C(C)(O)CC)C(O)C1O. The molecule has 0 bridgehead atoms. The predicted molar refractivity (Wildman–Crippen MR) is 114 cm³/mol. The second kappa shape index (κ2) is 9.74. The van der Waals surface area contributed by atoms with E-state index in [9.17, 15) is 34.0 Å². The highest BCUT2D eigenvalue weighted by molar-refractivity contribution is 7.54. The number of hydrogen-bond donors (Lipinski definition) is 5. The Kier molecular flexibility index (Phi) is 8.12. The van der Waals surface area contributed by atoms with Crippen molar-refractivity contribution in [1.29, 1.82) is 0 Å². The minimum Gasteiger partial charge on any atom is -0.388 e. The molecule has 1 fully saturated rings. The van der Waals surface area contributed by atoms with Gasteiger partial charge in [-0.3, -0.25) is 9.36 Å². The van der Waals surface area contributed by atoms with Gasteiger partial charge in [0.1, 0.15) is 29.8 Å². The van der Waals surface area contributed by atoms with Crippen LogP contribution in [0.25, 0.3) is 0 Å². The monoisotopic (exact) mass is 475 g/mol. The van der Waals surface area contributed by atoms with Crippen molar-refractivity contribution >= 4 is 7.60 Å². The molecule has 1 aliphatic heterocycles. The Morgan fingerprint density at radius 3 is 2.44 bits per heavy atom. The molecule has 0 radical (unpaired) electrons. The molecule has 7 atom stereocenters. The Labute approximate surface area is 186 Å². The first kappa shape index (κ1) is 26.7. The van der Waals surface area contributed by atoms with Gasteiger partial charge in [0.15, 0.2) is 5.34 Å². The number of pyridine rings is 1. The minimum absolute atomic E-state index is 0.0311. The van der Waals surface area contributed by atoms with Gasteiger partial charge in [-0.1, -0.05) is 19.8 Å². The van der Waals surface area contributed by atoms with E-state index in [1.165, 1.54) is 27.7 Å². The standard InChI is InChI=1S/C21H31FNO8P/c1-6-9-13-16(12(22)10-15(24)23-13)19-18(26)17(25)14(30-19)11-20(4,7-2)31-32(28,29)21(5,27)8-3/h10,14,17-19,25-27H,7-8,11H2,1-5H3,(H,23,24)(H,28,29). The quantitative estimate of drug-likeness (QED) is 0.283. The third kappa shape index (κ3) is 5.32. The van der Waals surface area contributed by atoms with Crippen molar-refractivity contribution < 1.29 is 38.4 Å². The fraction of sp³-hybridized carbons (Fsp3) is 0.667. The van der Waals surface area contributed by atoms with Crippen LogP contribution in [0.4, 0.5) is 4.39 Å². The second-order valence-corrected chi connectivity index (χ2v) is 10.6. The molecule has 0 amide bonds. The highest BCUT2D eigenvalue weighted by atomic mass is 31.2. The molecule has 180 valence electrons. The van der Waals surface area contributed by atoms with Crippen molar-refractivity contribution in [1.82, 2.24) is 4.98 Å². The second-order valence-electron chi connectivity index (χ2n) is 8.41. The molecule has 11 heteroatoms. The lowest BCUT2D eigenvalue weighted by Gasteiger charge is -2.37. The van der Waals surface area contributed by atoms with Crippen molar-refractivity contribution in [2.24, 2.45) is 0 Å². The Morgan fingerprint density at radius 1 is 1.28 bits per heavy atom. The molecular formula is C21H31FNO8P. The molecule has 0 aromatic carbocycles. The van der Waals surface area contributed by atoms with Gasteiger partial charge in [0.2, 0.25) is 0 Å². The van der Waals surface area contributed by atoms with Crippen LogP contribution in [0.3, 0.4) is 0 Å². The summed E-state index contributed by atoms with van der Waals surface area (Å²) in [6, 6.07) is 0.695. The smallest absolute Gasteiger partial charge is 0.359 e. The van der Waals surface area contributed by atoms with E-state index in [0.29, 0.717) is 6.07 Å². The summed E-state index contributed by atoms with van der Waals surface area (Å²) in [5, 5.41) is 29.4. The number of halogens is 1. The number of H-pyrrole nitrogens is 1. The maximum absolute atomic E-state index is 14.6. The van der Waals surface area contributed by atoms with Gasteiger partial charge in [-0.15, -0.1) is 0 Å². The van der Waals surface area contributed by atoms with Gasteiger partial charge in [0.25, 0.3) is 5.56 Å². The van der Waals surface area contributed by atoms with Gasteiger partial charge >= 0.3 is 7.60 Å². The fourth-order valence-corrected chi connectivity index (χ4v) is 4.86. The van der Waals surface area contributed by atoms with Crippen LogP contribution in [0, 0.1) is 17.7 Å². The van der Waals surface area contributed by atoms with Gasteiger partial charge < -0.3 is 34.5 Å². The minimum atomic E-state index is -4.49. The number of hydrogen-bond acceptors (Lipinski definition) is 7. The Morgan fingerprint density at radius 2 is 1.91 bits per heavy atom. The van der Waals surface area contributed by atoms with Crippen LogP contribution in [-0.2, 0) is 13.8 Å². The molecule has 1 aromatic heterocycles. The van der Waals surface area contributed by atoms with Crippen molar-refractivity contribution in [2.75, 3.05) is 0 Å². The molecule has 1 saturated heterocycles. The van der Waals surface area contributed by atoms with Crippen LogP contribution in [-0.4, -0.2) is 54.5 Å². The van der Waals surface area contributed by atoms with Gasteiger partial charge in [-0.05, 0) is 39.5 Å². The van der Waals surface area contributed by atoms with Gasteiger partial charge in [0.05, 0.1) is 17.3 Å². The van der Waals surface area contributed by atoms with Crippen LogP contribution < -0.4 is 5.56 Å². The molecule has 2 rings (SSSR count). The molecule has 0 saturated carbocycles. The molecule has 7 unspecified atom stereocenters. The molecular weight excluding hydrogens is 444 g/mol. The number of nitrogens with one attached hydrogen (secondary N) is 1. The lowest BCUT2D eigenvalue weighted by atomic mass is 9.92. The van der Waals surface area contributed by atoms with Crippen LogP contribution >= 0.6 is 7.60 Å². The molecule has 2 heterocycles. The van der Waals surface area contributed by atoms with Crippen molar-refractivity contribution in [3.63, 3.8) is 0 Å². The molecule has 9 nitrogen and oxygen atoms in total. The zero-order chi connectivity index (χ0) is 24.5. The van der Waals surface area contributed by atoms with E-state index in [1.807, 2.05) is 0 Å². The molecule has 32 heavy (non-hydrogen) atoms. The topological polar surface area (TPSA) is 149 Å². The van der Waals surface area contributed by atoms with E-state index < -0.39 is 54.3 Å². The summed E-state index contributed by atoms with van der Waals surface area (Å²) in [7, 11) is -4.49. The average molecular weight is 475 g/mol. The molecule has 0 spiro atoms. The Bertz CT molecular complexity index is 1000. The van der Waals surface area contributed by atoms with E-state index in [2.05, 4.69) is 16.8 Å². The summed E-state index contributed by atoms with van der Waals surface area (Å²) in [6.45, 7) is 7.42. The Hall–Kier alpha value is -1.57. The number of ether oxygens (including phenoxy) is 1. The zero-order valence-corrected chi connectivity index (χ0v) is 19.6. The summed E-state index contributed by atoms with van der Waals surface area (Å²) >= 11 is 0. The maximum atomic E-state index is 14.6. The summed E-state index contributed by atoms with van der Waals surface area (Å²) < 4.78 is 38.5. The van der Waals surface area contributed by atoms with E-state index >= 15 is 0 Å². The predicted octanol–water partition coefficient (Wildman–Crippen LogP) is 1.93. The van der Waals surface area contributed by atoms with Crippen molar-refractivity contribution in [3.05, 3.63) is 33.5 Å². The van der Waals surface area contributed by atoms with Crippen LogP contribution in [0.2, 0.25) is 0 Å². The summed E-state index contributed by atoms with van der Waals surface area (Å²) in [5.74, 6) is 4.15. The largest absolute Gasteiger partial charge is 0.388 e. The first-order valence-corrected chi connectivity index (χ1v) is 11.9. The van der Waals surface area contributed by atoms with Crippen molar-refractivity contribution in [2.45, 2.75) is 89.2 Å². The number of aromatic amines is 1.